The summed E-state index contributed by atoms with van der Waals surface area (Å²) in [4.78, 5) is 12.2. The molecule has 1 amide bonds. The Bertz CT molecular complexity index is 738. The number of hydrogen-bond donors (Lipinski definition) is 1. The average Bonchev–Trinajstić information content (AvgIpc) is 2.54. The number of halogens is 1. The maximum Gasteiger partial charge on any atom is 0.251 e. The number of carbonyl (C=O) groups excluding carboxylic acids is 1. The molecule has 0 spiro atoms. The molecule has 22 heavy (non-hydrogen) atoms. The largest absolute Gasteiger partial charge is 0.494 e. The van der Waals surface area contributed by atoms with Gasteiger partial charge in [-0.3, -0.25) is 4.79 Å². The summed E-state index contributed by atoms with van der Waals surface area (Å²) in [7, 11) is 1.39. The molecule has 0 radical (unpaired) electrons. The predicted molar refractivity (Wildman–Crippen MR) is 80.0 cm³/mol. The number of amides is 1. The van der Waals surface area contributed by atoms with Crippen molar-refractivity contribution in [1.82, 2.24) is 5.32 Å². The third kappa shape index (κ3) is 3.41. The van der Waals surface area contributed by atoms with E-state index in [1.54, 1.807) is 31.2 Å². The first kappa shape index (κ1) is 15.5. The maximum absolute atomic E-state index is 13.7. The Hall–Kier alpha value is -2.87. The van der Waals surface area contributed by atoms with Gasteiger partial charge in [0, 0.05) is 5.56 Å². The molecule has 5 heteroatoms. The molecule has 0 aliphatic rings. The van der Waals surface area contributed by atoms with Gasteiger partial charge in [-0.1, -0.05) is 12.1 Å². The zero-order valence-electron chi connectivity index (χ0n) is 12.3. The van der Waals surface area contributed by atoms with Crippen LogP contribution in [0.25, 0.3) is 0 Å². The molecule has 0 saturated carbocycles. The van der Waals surface area contributed by atoms with Gasteiger partial charge in [-0.05, 0) is 42.8 Å². The van der Waals surface area contributed by atoms with Gasteiger partial charge >= 0.3 is 0 Å². The van der Waals surface area contributed by atoms with Crippen LogP contribution in [0.2, 0.25) is 0 Å². The van der Waals surface area contributed by atoms with Crippen molar-refractivity contribution in [2.24, 2.45) is 0 Å². The highest BCUT2D eigenvalue weighted by Gasteiger charge is 2.13. The zero-order valence-corrected chi connectivity index (χ0v) is 12.3. The number of nitrogens with one attached hydrogen (secondary N) is 1. The van der Waals surface area contributed by atoms with Crippen LogP contribution in [-0.2, 0) is 0 Å². The summed E-state index contributed by atoms with van der Waals surface area (Å²) in [6.07, 6.45) is 0. The van der Waals surface area contributed by atoms with Crippen molar-refractivity contribution in [3.05, 3.63) is 65.0 Å². The minimum absolute atomic E-state index is 0.156. The molecular formula is C17H15FN2O2. The third-order valence-corrected chi connectivity index (χ3v) is 3.28. The maximum atomic E-state index is 13.7. The molecule has 2 aromatic carbocycles. The molecule has 112 valence electrons. The van der Waals surface area contributed by atoms with E-state index in [1.165, 1.54) is 25.3 Å². The Morgan fingerprint density at radius 1 is 1.32 bits per heavy atom. The third-order valence-electron chi connectivity index (χ3n) is 3.28. The molecule has 0 saturated heterocycles. The number of carbonyl (C=O) groups is 1. The molecule has 0 aliphatic carbocycles. The molecule has 0 aliphatic heterocycles. The van der Waals surface area contributed by atoms with Crippen LogP contribution in [0.4, 0.5) is 4.39 Å². The topological polar surface area (TPSA) is 62.1 Å². The Labute approximate surface area is 128 Å². The van der Waals surface area contributed by atoms with E-state index >= 15 is 0 Å². The van der Waals surface area contributed by atoms with Crippen LogP contribution >= 0.6 is 0 Å². The smallest absolute Gasteiger partial charge is 0.251 e. The highest BCUT2D eigenvalue weighted by molar-refractivity contribution is 5.94. The normalized spacial score (nSPS) is 11.4. The van der Waals surface area contributed by atoms with Crippen molar-refractivity contribution in [2.75, 3.05) is 7.11 Å². The summed E-state index contributed by atoms with van der Waals surface area (Å²) < 4.78 is 18.6. The average molecular weight is 298 g/mol. The van der Waals surface area contributed by atoms with Crippen LogP contribution in [0.3, 0.4) is 0 Å². The van der Waals surface area contributed by atoms with E-state index in [2.05, 4.69) is 5.32 Å². The standard InChI is InChI=1S/C17H15FN2O2/c1-11(13-6-7-16(22-2)15(18)9-13)20-17(21)14-5-3-4-12(8-14)10-19/h3-9,11H,1-2H3,(H,20,21)/t11-/m0/s1. The molecule has 2 rings (SSSR count). The zero-order chi connectivity index (χ0) is 16.1. The number of methoxy groups -OCH3 is 1. The predicted octanol–water partition coefficient (Wildman–Crippen LogP) is 3.20. The molecule has 2 aromatic rings. The van der Waals surface area contributed by atoms with E-state index in [-0.39, 0.29) is 17.7 Å². The quantitative estimate of drug-likeness (QED) is 0.943. The Balaban J connectivity index is 2.14. The van der Waals surface area contributed by atoms with Crippen LogP contribution in [0.5, 0.6) is 5.75 Å². The number of ether oxygens (including phenoxy) is 1. The van der Waals surface area contributed by atoms with Crippen LogP contribution in [-0.4, -0.2) is 13.0 Å². The lowest BCUT2D eigenvalue weighted by atomic mass is 10.1. The fourth-order valence-corrected chi connectivity index (χ4v) is 2.05. The lowest BCUT2D eigenvalue weighted by Crippen LogP contribution is -2.26. The number of benzene rings is 2. The van der Waals surface area contributed by atoms with Crippen molar-refractivity contribution < 1.29 is 13.9 Å². The lowest BCUT2D eigenvalue weighted by molar-refractivity contribution is 0.0939. The monoisotopic (exact) mass is 298 g/mol. The second-order valence-corrected chi connectivity index (χ2v) is 4.78. The Morgan fingerprint density at radius 3 is 2.73 bits per heavy atom. The van der Waals surface area contributed by atoms with E-state index in [1.807, 2.05) is 6.07 Å². The minimum atomic E-state index is -0.479. The van der Waals surface area contributed by atoms with E-state index in [0.717, 1.165) is 0 Å². The van der Waals surface area contributed by atoms with E-state index in [4.69, 9.17) is 10.00 Å². The first-order valence-electron chi connectivity index (χ1n) is 6.69. The number of nitriles is 1. The van der Waals surface area contributed by atoms with Gasteiger partial charge in [-0.2, -0.15) is 5.26 Å². The number of hydrogen-bond acceptors (Lipinski definition) is 3. The van der Waals surface area contributed by atoms with Crippen LogP contribution in [0.15, 0.2) is 42.5 Å². The SMILES string of the molecule is COc1ccc([C@H](C)NC(=O)c2cccc(C#N)c2)cc1F. The summed E-state index contributed by atoms with van der Waals surface area (Å²) in [6.45, 7) is 1.76. The summed E-state index contributed by atoms with van der Waals surface area (Å²) in [6, 6.07) is 12.5. The van der Waals surface area contributed by atoms with Gasteiger partial charge in [-0.25, -0.2) is 4.39 Å². The number of nitrogens with zero attached hydrogens (tertiary/aromatic N) is 1. The van der Waals surface area contributed by atoms with Gasteiger partial charge in [0.2, 0.25) is 0 Å². The van der Waals surface area contributed by atoms with E-state index in [0.29, 0.717) is 16.7 Å². The highest BCUT2D eigenvalue weighted by atomic mass is 19.1. The van der Waals surface area contributed by atoms with Gasteiger partial charge in [0.1, 0.15) is 0 Å². The van der Waals surface area contributed by atoms with E-state index in [9.17, 15) is 9.18 Å². The van der Waals surface area contributed by atoms with Crippen LogP contribution in [0.1, 0.15) is 34.5 Å². The first-order valence-corrected chi connectivity index (χ1v) is 6.69. The van der Waals surface area contributed by atoms with Gasteiger partial charge in [0.15, 0.2) is 11.6 Å². The summed E-state index contributed by atoms with van der Waals surface area (Å²) in [5, 5.41) is 11.6. The van der Waals surface area contributed by atoms with Crippen molar-refractivity contribution in [1.29, 1.82) is 5.26 Å². The second kappa shape index (κ2) is 6.72. The van der Waals surface area contributed by atoms with Crippen molar-refractivity contribution in [3.63, 3.8) is 0 Å². The molecule has 0 fully saturated rings. The molecular weight excluding hydrogens is 283 g/mol. The van der Waals surface area contributed by atoms with Crippen molar-refractivity contribution in [3.8, 4) is 11.8 Å². The Morgan fingerprint density at radius 2 is 2.09 bits per heavy atom. The molecule has 0 heterocycles. The van der Waals surface area contributed by atoms with Crippen LogP contribution < -0.4 is 10.1 Å². The molecule has 0 aromatic heterocycles. The Kier molecular flexibility index (Phi) is 4.74. The van der Waals surface area contributed by atoms with E-state index < -0.39 is 5.82 Å². The fraction of sp³-hybridized carbons (Fsp3) is 0.176. The molecule has 1 atom stereocenters. The highest BCUT2D eigenvalue weighted by Crippen LogP contribution is 2.22. The number of rotatable bonds is 4. The molecule has 1 N–H and O–H groups in total. The second-order valence-electron chi connectivity index (χ2n) is 4.78. The first-order chi connectivity index (χ1) is 10.5. The van der Waals surface area contributed by atoms with Gasteiger partial charge < -0.3 is 10.1 Å². The van der Waals surface area contributed by atoms with Crippen molar-refractivity contribution >= 4 is 5.91 Å². The molecule has 0 bridgehead atoms. The van der Waals surface area contributed by atoms with Gasteiger partial charge in [0.05, 0.1) is 24.8 Å². The minimum Gasteiger partial charge on any atom is -0.494 e. The van der Waals surface area contributed by atoms with Gasteiger partial charge in [-0.15, -0.1) is 0 Å². The summed E-state index contributed by atoms with van der Waals surface area (Å²) in [5.41, 5.74) is 1.43. The summed E-state index contributed by atoms with van der Waals surface area (Å²) in [5.74, 6) is -0.641. The lowest BCUT2D eigenvalue weighted by Gasteiger charge is -2.15. The fourth-order valence-electron chi connectivity index (χ4n) is 2.05. The molecule has 4 nitrogen and oxygen atoms in total. The van der Waals surface area contributed by atoms with Crippen molar-refractivity contribution in [2.45, 2.75) is 13.0 Å². The van der Waals surface area contributed by atoms with Crippen LogP contribution in [0, 0.1) is 17.1 Å². The molecule has 0 unspecified atom stereocenters. The van der Waals surface area contributed by atoms with Gasteiger partial charge in [0.25, 0.3) is 5.91 Å². The summed E-state index contributed by atoms with van der Waals surface area (Å²) >= 11 is 0.